The first-order valence-corrected chi connectivity index (χ1v) is 5.89. The lowest BCUT2D eigenvalue weighted by Gasteiger charge is -2.24. The van der Waals surface area contributed by atoms with Crippen LogP contribution in [0.2, 0.25) is 0 Å². The Hall–Kier alpha value is -0.970. The van der Waals surface area contributed by atoms with Crippen LogP contribution in [0, 0.1) is 0 Å². The minimum Gasteiger partial charge on any atom is -0.466 e. The van der Waals surface area contributed by atoms with Crippen molar-refractivity contribution in [2.45, 2.75) is 39.5 Å². The first kappa shape index (κ1) is 11.5. The highest BCUT2D eigenvalue weighted by Crippen LogP contribution is 2.31. The van der Waals surface area contributed by atoms with E-state index in [2.05, 4.69) is 15.9 Å². The molecule has 4 nitrogen and oxygen atoms in total. The van der Waals surface area contributed by atoms with Gasteiger partial charge in [-0.1, -0.05) is 0 Å². The molecule has 0 bridgehead atoms. The minimum absolute atomic E-state index is 0.300. The number of hydrogen-bond acceptors (Lipinski definition) is 3. The smallest absolute Gasteiger partial charge is 0.411 e. The van der Waals surface area contributed by atoms with E-state index in [1.807, 2.05) is 20.8 Å². The van der Waals surface area contributed by atoms with Gasteiger partial charge in [-0.2, -0.15) is 0 Å². The topological polar surface area (TPSA) is 42.7 Å². The molecule has 0 radical (unpaired) electrons. The molecule has 88 valence electrons. The molecule has 0 saturated heterocycles. The Morgan fingerprint density at radius 1 is 1.50 bits per heavy atom. The highest BCUT2D eigenvalue weighted by Gasteiger charge is 2.31. The van der Waals surface area contributed by atoms with Gasteiger partial charge in [0.25, 0.3) is 0 Å². The standard InChI is InChI=1S/C11H14BrNO3/c1-11(2,3)16-10(14)13-4-7-8(12)6-15-9(7)5-13/h6H,4-5H2,1-3H3. The number of fused-ring (bicyclic) bond motifs is 1. The van der Waals surface area contributed by atoms with E-state index in [0.29, 0.717) is 13.1 Å². The summed E-state index contributed by atoms with van der Waals surface area (Å²) in [7, 11) is 0. The number of rotatable bonds is 0. The molecule has 0 aliphatic carbocycles. The number of carbonyl (C=O) groups excluding carboxylic acids is 1. The molecule has 2 rings (SSSR count). The molecule has 0 atom stereocenters. The van der Waals surface area contributed by atoms with Crippen LogP contribution >= 0.6 is 15.9 Å². The fraction of sp³-hybridized carbons (Fsp3) is 0.545. The van der Waals surface area contributed by atoms with Gasteiger partial charge in [-0.05, 0) is 36.7 Å². The maximum atomic E-state index is 11.8. The number of nitrogens with zero attached hydrogens (tertiary/aromatic N) is 1. The van der Waals surface area contributed by atoms with E-state index in [1.165, 1.54) is 0 Å². The molecule has 1 aliphatic heterocycles. The third kappa shape index (κ3) is 2.24. The normalized spacial score (nSPS) is 15.1. The summed E-state index contributed by atoms with van der Waals surface area (Å²) in [6.45, 7) is 6.59. The molecular formula is C11H14BrNO3. The number of amides is 1. The molecule has 5 heteroatoms. The zero-order valence-corrected chi connectivity index (χ0v) is 11.1. The Morgan fingerprint density at radius 3 is 2.75 bits per heavy atom. The Labute approximate surface area is 103 Å². The molecule has 0 aromatic carbocycles. The average Bonchev–Trinajstić information content (AvgIpc) is 2.65. The highest BCUT2D eigenvalue weighted by atomic mass is 79.9. The molecule has 16 heavy (non-hydrogen) atoms. The molecule has 1 amide bonds. The van der Waals surface area contributed by atoms with E-state index < -0.39 is 5.60 Å². The molecule has 1 aromatic rings. The van der Waals surface area contributed by atoms with Crippen molar-refractivity contribution < 1.29 is 13.9 Å². The molecule has 0 unspecified atom stereocenters. The van der Waals surface area contributed by atoms with Crippen LogP contribution in [0.25, 0.3) is 0 Å². The summed E-state index contributed by atoms with van der Waals surface area (Å²) in [6.07, 6.45) is 1.35. The van der Waals surface area contributed by atoms with Crippen LogP contribution in [-0.4, -0.2) is 16.6 Å². The number of ether oxygens (including phenoxy) is 1. The van der Waals surface area contributed by atoms with Crippen LogP contribution in [0.4, 0.5) is 4.79 Å². The van der Waals surface area contributed by atoms with Crippen LogP contribution in [0.1, 0.15) is 32.1 Å². The molecule has 0 fully saturated rings. The van der Waals surface area contributed by atoms with Crippen LogP contribution < -0.4 is 0 Å². The minimum atomic E-state index is -0.460. The predicted molar refractivity (Wildman–Crippen MR) is 61.9 cm³/mol. The van der Waals surface area contributed by atoms with Gasteiger partial charge in [-0.25, -0.2) is 4.79 Å². The summed E-state index contributed by atoms with van der Waals surface area (Å²) < 4.78 is 11.5. The zero-order valence-electron chi connectivity index (χ0n) is 9.54. The van der Waals surface area contributed by atoms with Gasteiger partial charge in [-0.3, -0.25) is 4.90 Å². The van der Waals surface area contributed by atoms with Gasteiger partial charge in [0.15, 0.2) is 0 Å². The van der Waals surface area contributed by atoms with Crippen LogP contribution in [0.15, 0.2) is 15.2 Å². The van der Waals surface area contributed by atoms with Crippen molar-refractivity contribution in [3.8, 4) is 0 Å². The summed E-state index contributed by atoms with van der Waals surface area (Å²) in [6, 6.07) is 0. The first-order valence-electron chi connectivity index (χ1n) is 5.09. The molecule has 1 aromatic heterocycles. The molecule has 1 aliphatic rings. The second-order valence-corrected chi connectivity index (χ2v) is 5.68. The van der Waals surface area contributed by atoms with Crippen molar-refractivity contribution in [2.75, 3.05) is 0 Å². The number of carbonyl (C=O) groups is 1. The van der Waals surface area contributed by atoms with E-state index in [0.717, 1.165) is 15.8 Å². The molecule has 0 spiro atoms. The fourth-order valence-electron chi connectivity index (χ4n) is 1.57. The highest BCUT2D eigenvalue weighted by molar-refractivity contribution is 9.10. The zero-order chi connectivity index (χ0) is 11.9. The second kappa shape index (κ2) is 3.80. The van der Waals surface area contributed by atoms with Crippen molar-refractivity contribution in [2.24, 2.45) is 0 Å². The number of halogens is 1. The van der Waals surface area contributed by atoms with Crippen molar-refractivity contribution in [3.63, 3.8) is 0 Å². The van der Waals surface area contributed by atoms with Crippen LogP contribution in [0.3, 0.4) is 0 Å². The van der Waals surface area contributed by atoms with Crippen molar-refractivity contribution in [1.29, 1.82) is 0 Å². The number of hydrogen-bond donors (Lipinski definition) is 0. The third-order valence-corrected chi connectivity index (χ3v) is 2.93. The summed E-state index contributed by atoms with van der Waals surface area (Å²) in [4.78, 5) is 13.4. The Bertz CT molecular complexity index is 419. The lowest BCUT2D eigenvalue weighted by Crippen LogP contribution is -2.33. The summed E-state index contributed by atoms with van der Waals surface area (Å²) in [5, 5.41) is 0. The van der Waals surface area contributed by atoms with Crippen molar-refractivity contribution in [1.82, 2.24) is 4.90 Å². The van der Waals surface area contributed by atoms with E-state index in [1.54, 1.807) is 11.2 Å². The van der Waals surface area contributed by atoms with Gasteiger partial charge < -0.3 is 9.15 Å². The van der Waals surface area contributed by atoms with Gasteiger partial charge in [0.1, 0.15) is 17.6 Å². The van der Waals surface area contributed by atoms with Crippen molar-refractivity contribution >= 4 is 22.0 Å². The first-order chi connectivity index (χ1) is 7.37. The molecule has 2 heterocycles. The summed E-state index contributed by atoms with van der Waals surface area (Å²) >= 11 is 3.38. The molecule has 0 saturated carbocycles. The maximum absolute atomic E-state index is 11.8. The van der Waals surface area contributed by atoms with E-state index >= 15 is 0 Å². The fourth-order valence-corrected chi connectivity index (χ4v) is 2.01. The maximum Gasteiger partial charge on any atom is 0.411 e. The lowest BCUT2D eigenvalue weighted by molar-refractivity contribution is 0.0234. The summed E-state index contributed by atoms with van der Waals surface area (Å²) in [5.74, 6) is 0.831. The van der Waals surface area contributed by atoms with Crippen LogP contribution in [0.5, 0.6) is 0 Å². The monoisotopic (exact) mass is 287 g/mol. The van der Waals surface area contributed by atoms with Gasteiger partial charge in [0.2, 0.25) is 0 Å². The van der Waals surface area contributed by atoms with Crippen molar-refractivity contribution in [3.05, 3.63) is 22.1 Å². The third-order valence-electron chi connectivity index (χ3n) is 2.26. The Kier molecular flexibility index (Phi) is 2.74. The Balaban J connectivity index is 2.04. The average molecular weight is 288 g/mol. The van der Waals surface area contributed by atoms with E-state index in [-0.39, 0.29) is 6.09 Å². The molecular weight excluding hydrogens is 274 g/mol. The van der Waals surface area contributed by atoms with Crippen LogP contribution in [-0.2, 0) is 17.8 Å². The SMILES string of the molecule is CC(C)(C)OC(=O)N1Cc2occ(Br)c2C1. The van der Waals surface area contributed by atoms with Gasteiger partial charge in [-0.15, -0.1) is 0 Å². The van der Waals surface area contributed by atoms with E-state index in [9.17, 15) is 4.79 Å². The quantitative estimate of drug-likeness (QED) is 0.735. The number of furan rings is 1. The second-order valence-electron chi connectivity index (χ2n) is 4.82. The Morgan fingerprint density at radius 2 is 2.19 bits per heavy atom. The lowest BCUT2D eigenvalue weighted by atomic mass is 10.2. The molecule has 0 N–H and O–H groups in total. The predicted octanol–water partition coefficient (Wildman–Crippen LogP) is 3.29. The van der Waals surface area contributed by atoms with E-state index in [4.69, 9.17) is 9.15 Å². The van der Waals surface area contributed by atoms with Gasteiger partial charge >= 0.3 is 6.09 Å². The van der Waals surface area contributed by atoms with Gasteiger partial charge in [0, 0.05) is 5.56 Å². The van der Waals surface area contributed by atoms with Gasteiger partial charge in [0.05, 0.1) is 17.6 Å². The largest absolute Gasteiger partial charge is 0.466 e. The summed E-state index contributed by atoms with van der Waals surface area (Å²) in [5.41, 5.74) is 0.573.